The van der Waals surface area contributed by atoms with Crippen LogP contribution in [0.4, 0.5) is 0 Å². The van der Waals surface area contributed by atoms with Gasteiger partial charge in [0.25, 0.3) is 5.91 Å². The molecule has 1 N–H and O–H groups in total. The maximum absolute atomic E-state index is 12.2. The van der Waals surface area contributed by atoms with E-state index >= 15 is 0 Å². The Balaban J connectivity index is 1.37. The van der Waals surface area contributed by atoms with Gasteiger partial charge in [0, 0.05) is 18.5 Å². The van der Waals surface area contributed by atoms with Crippen molar-refractivity contribution >= 4 is 16.9 Å². The first kappa shape index (κ1) is 21.6. The molecule has 4 rings (SSSR count). The molecule has 5 nitrogen and oxygen atoms in total. The summed E-state index contributed by atoms with van der Waals surface area (Å²) in [6, 6.07) is 23.7. The second-order valence-electron chi connectivity index (χ2n) is 7.99. The first-order chi connectivity index (χ1) is 15.6. The van der Waals surface area contributed by atoms with E-state index in [1.165, 1.54) is 11.1 Å². The summed E-state index contributed by atoms with van der Waals surface area (Å²) in [6.07, 6.45) is 1.60. The van der Waals surface area contributed by atoms with Gasteiger partial charge >= 0.3 is 0 Å². The van der Waals surface area contributed by atoms with Crippen molar-refractivity contribution in [3.8, 4) is 5.75 Å². The molecule has 0 atom stereocenters. The van der Waals surface area contributed by atoms with Crippen LogP contribution in [0.15, 0.2) is 72.8 Å². The lowest BCUT2D eigenvalue weighted by Crippen LogP contribution is -2.25. The fourth-order valence-corrected chi connectivity index (χ4v) is 3.76. The Labute approximate surface area is 189 Å². The Morgan fingerprint density at radius 1 is 0.969 bits per heavy atom. The van der Waals surface area contributed by atoms with Crippen molar-refractivity contribution in [3.63, 3.8) is 0 Å². The second-order valence-corrected chi connectivity index (χ2v) is 7.99. The highest BCUT2D eigenvalue weighted by atomic mass is 16.5. The third-order valence-corrected chi connectivity index (χ3v) is 5.69. The molecule has 0 unspecified atom stereocenters. The molecule has 1 amide bonds. The van der Waals surface area contributed by atoms with E-state index in [9.17, 15) is 4.79 Å². The van der Waals surface area contributed by atoms with Crippen LogP contribution in [0.1, 0.15) is 33.7 Å². The van der Waals surface area contributed by atoms with Crippen molar-refractivity contribution in [2.45, 2.75) is 33.2 Å². The fourth-order valence-electron chi connectivity index (χ4n) is 3.76. The zero-order valence-electron chi connectivity index (χ0n) is 18.7. The first-order valence-corrected chi connectivity index (χ1v) is 11.1. The Morgan fingerprint density at radius 2 is 1.75 bits per heavy atom. The predicted octanol–water partition coefficient (Wildman–Crippen LogP) is 5.09. The molecular formula is C27H29N3O2. The maximum atomic E-state index is 12.2. The number of hydrogen-bond acceptors (Lipinski definition) is 3. The van der Waals surface area contributed by atoms with Crippen LogP contribution in [0.3, 0.4) is 0 Å². The molecular weight excluding hydrogens is 398 g/mol. The zero-order chi connectivity index (χ0) is 22.3. The molecule has 4 aromatic rings. The van der Waals surface area contributed by atoms with E-state index in [-0.39, 0.29) is 5.91 Å². The van der Waals surface area contributed by atoms with Crippen molar-refractivity contribution in [2.75, 3.05) is 13.2 Å². The molecule has 0 radical (unpaired) electrons. The largest absolute Gasteiger partial charge is 0.492 e. The van der Waals surface area contributed by atoms with Crippen LogP contribution in [0, 0.1) is 13.8 Å². The molecule has 5 heteroatoms. The number of ether oxygens (including phenoxy) is 1. The van der Waals surface area contributed by atoms with Crippen LogP contribution in [-0.2, 0) is 13.0 Å². The molecule has 0 aliphatic rings. The number of rotatable bonds is 9. The van der Waals surface area contributed by atoms with Gasteiger partial charge in [-0.25, -0.2) is 4.98 Å². The van der Waals surface area contributed by atoms with E-state index in [1.54, 1.807) is 0 Å². The molecule has 32 heavy (non-hydrogen) atoms. The lowest BCUT2D eigenvalue weighted by atomic mass is 10.1. The second kappa shape index (κ2) is 10.1. The van der Waals surface area contributed by atoms with Gasteiger partial charge in [-0.3, -0.25) is 4.79 Å². The molecule has 0 spiro atoms. The van der Waals surface area contributed by atoms with Crippen LogP contribution in [0.25, 0.3) is 11.0 Å². The highest BCUT2D eigenvalue weighted by molar-refractivity contribution is 5.94. The van der Waals surface area contributed by atoms with Gasteiger partial charge in [0.1, 0.15) is 18.2 Å². The van der Waals surface area contributed by atoms with E-state index in [1.807, 2.05) is 54.6 Å². The molecule has 0 fully saturated rings. The molecule has 0 aliphatic heterocycles. The topological polar surface area (TPSA) is 56.1 Å². The Kier molecular flexibility index (Phi) is 6.85. The van der Waals surface area contributed by atoms with Crippen LogP contribution in [-0.4, -0.2) is 28.6 Å². The maximum Gasteiger partial charge on any atom is 0.251 e. The highest BCUT2D eigenvalue weighted by Gasteiger charge is 2.11. The number of hydrogen-bond donors (Lipinski definition) is 1. The average molecular weight is 428 g/mol. The van der Waals surface area contributed by atoms with Crippen molar-refractivity contribution in [2.24, 2.45) is 0 Å². The fraction of sp³-hybridized carbons (Fsp3) is 0.259. The SMILES string of the molecule is Cc1ccc(OCCn2c(CCCNC(=O)c3ccccc3)nc3ccccc32)cc1C. The molecule has 3 aromatic carbocycles. The summed E-state index contributed by atoms with van der Waals surface area (Å²) in [4.78, 5) is 17.1. The number of para-hydroxylation sites is 2. The predicted molar refractivity (Wildman–Crippen MR) is 128 cm³/mol. The summed E-state index contributed by atoms with van der Waals surface area (Å²) in [5, 5.41) is 3.00. The minimum Gasteiger partial charge on any atom is -0.492 e. The lowest BCUT2D eigenvalue weighted by molar-refractivity contribution is 0.0953. The van der Waals surface area contributed by atoms with Crippen LogP contribution in [0.2, 0.25) is 0 Å². The van der Waals surface area contributed by atoms with E-state index < -0.39 is 0 Å². The molecule has 0 bridgehead atoms. The average Bonchev–Trinajstić information content (AvgIpc) is 3.17. The molecule has 1 aromatic heterocycles. The molecule has 164 valence electrons. The summed E-state index contributed by atoms with van der Waals surface area (Å²) in [6.45, 7) is 6.10. The van der Waals surface area contributed by atoms with Gasteiger partial charge in [-0.05, 0) is 67.8 Å². The van der Waals surface area contributed by atoms with Crippen molar-refractivity contribution in [3.05, 3.63) is 95.3 Å². The number of aromatic nitrogens is 2. The van der Waals surface area contributed by atoms with Gasteiger partial charge in [0.05, 0.1) is 17.6 Å². The summed E-state index contributed by atoms with van der Waals surface area (Å²) in [7, 11) is 0. The van der Waals surface area contributed by atoms with Crippen LogP contribution < -0.4 is 10.1 Å². The summed E-state index contributed by atoms with van der Waals surface area (Å²) in [5.74, 6) is 1.87. The molecule has 0 saturated carbocycles. The monoisotopic (exact) mass is 427 g/mol. The van der Waals surface area contributed by atoms with Gasteiger partial charge in [0.2, 0.25) is 0 Å². The normalized spacial score (nSPS) is 10.9. The number of nitrogens with zero attached hydrogens (tertiary/aromatic N) is 2. The van der Waals surface area contributed by atoms with Gasteiger partial charge in [0.15, 0.2) is 0 Å². The van der Waals surface area contributed by atoms with Crippen LogP contribution >= 0.6 is 0 Å². The third kappa shape index (κ3) is 5.17. The number of carbonyl (C=O) groups excluding carboxylic acids is 1. The number of amides is 1. The zero-order valence-corrected chi connectivity index (χ0v) is 18.7. The Morgan fingerprint density at radius 3 is 2.56 bits per heavy atom. The summed E-state index contributed by atoms with van der Waals surface area (Å²) in [5.41, 5.74) is 5.28. The number of aryl methyl sites for hydroxylation is 3. The summed E-state index contributed by atoms with van der Waals surface area (Å²) >= 11 is 0. The lowest BCUT2D eigenvalue weighted by Gasteiger charge is -2.12. The first-order valence-electron chi connectivity index (χ1n) is 11.1. The highest BCUT2D eigenvalue weighted by Crippen LogP contribution is 2.19. The smallest absolute Gasteiger partial charge is 0.251 e. The van der Waals surface area contributed by atoms with Crippen molar-refractivity contribution in [1.29, 1.82) is 0 Å². The molecule has 0 saturated heterocycles. The van der Waals surface area contributed by atoms with E-state index in [2.05, 4.69) is 41.9 Å². The van der Waals surface area contributed by atoms with Gasteiger partial charge < -0.3 is 14.6 Å². The Hall–Kier alpha value is -3.60. The number of nitrogens with one attached hydrogen (secondary N) is 1. The quantitative estimate of drug-likeness (QED) is 0.378. The van der Waals surface area contributed by atoms with Gasteiger partial charge in [-0.15, -0.1) is 0 Å². The number of fused-ring (bicyclic) bond motifs is 1. The van der Waals surface area contributed by atoms with Crippen molar-refractivity contribution < 1.29 is 9.53 Å². The minimum absolute atomic E-state index is 0.0408. The van der Waals surface area contributed by atoms with Crippen molar-refractivity contribution in [1.82, 2.24) is 14.9 Å². The van der Waals surface area contributed by atoms with Crippen LogP contribution in [0.5, 0.6) is 5.75 Å². The number of carbonyl (C=O) groups is 1. The third-order valence-electron chi connectivity index (χ3n) is 5.69. The molecule has 0 aliphatic carbocycles. The molecule has 1 heterocycles. The Bertz CT molecular complexity index is 1200. The number of benzene rings is 3. The summed E-state index contributed by atoms with van der Waals surface area (Å²) < 4.78 is 8.25. The van der Waals surface area contributed by atoms with E-state index in [4.69, 9.17) is 9.72 Å². The standard InChI is InChI=1S/C27H29N3O2/c1-20-14-15-23(19-21(20)2)32-18-17-30-25-12-7-6-11-24(25)29-26(30)13-8-16-28-27(31)22-9-4-3-5-10-22/h3-7,9-12,14-15,19H,8,13,16-18H2,1-2H3,(H,28,31). The van der Waals surface area contributed by atoms with Gasteiger partial charge in [-0.1, -0.05) is 36.4 Å². The minimum atomic E-state index is -0.0408. The van der Waals surface area contributed by atoms with Gasteiger partial charge in [-0.2, -0.15) is 0 Å². The van der Waals surface area contributed by atoms with E-state index in [0.717, 1.165) is 42.0 Å². The van der Waals surface area contributed by atoms with E-state index in [0.29, 0.717) is 18.7 Å². The number of imidazole rings is 1.